The summed E-state index contributed by atoms with van der Waals surface area (Å²) in [7, 11) is 0. The molecule has 0 unspecified atom stereocenters. The van der Waals surface area contributed by atoms with E-state index in [0.29, 0.717) is 16.5 Å². The average molecular weight is 295 g/mol. The second-order valence-corrected chi connectivity index (χ2v) is 4.76. The Morgan fingerprint density at radius 1 is 1.16 bits per heavy atom. The number of nitrogens with zero attached hydrogens (tertiary/aromatic N) is 2. The van der Waals surface area contributed by atoms with Gasteiger partial charge in [-0.2, -0.15) is 0 Å². The molecule has 19 heavy (non-hydrogen) atoms. The van der Waals surface area contributed by atoms with Gasteiger partial charge in [-0.15, -0.1) is 11.6 Å². The normalized spacial score (nSPS) is 11.1. The van der Waals surface area contributed by atoms with E-state index < -0.39 is 0 Å². The van der Waals surface area contributed by atoms with Gasteiger partial charge in [-0.25, -0.2) is 9.37 Å². The van der Waals surface area contributed by atoms with Crippen LogP contribution in [0, 0.1) is 5.82 Å². The van der Waals surface area contributed by atoms with Gasteiger partial charge in [0.2, 0.25) is 0 Å². The van der Waals surface area contributed by atoms with Crippen molar-refractivity contribution in [1.29, 1.82) is 0 Å². The Bertz CT molecular complexity index is 752. The first-order valence-corrected chi connectivity index (χ1v) is 6.59. The van der Waals surface area contributed by atoms with E-state index in [9.17, 15) is 4.39 Å². The highest BCUT2D eigenvalue weighted by molar-refractivity contribution is 6.35. The molecule has 96 valence electrons. The van der Waals surface area contributed by atoms with Crippen molar-refractivity contribution in [2.45, 2.75) is 5.88 Å². The molecule has 0 aliphatic heterocycles. The maximum absolute atomic E-state index is 13.4. The topological polar surface area (TPSA) is 17.8 Å². The molecule has 0 saturated carbocycles. The smallest absolute Gasteiger partial charge is 0.129 e. The van der Waals surface area contributed by atoms with Gasteiger partial charge in [-0.05, 0) is 30.3 Å². The summed E-state index contributed by atoms with van der Waals surface area (Å²) in [5.74, 6) is 0.545. The van der Waals surface area contributed by atoms with Crippen LogP contribution in [0.15, 0.2) is 42.5 Å². The molecule has 0 aliphatic carbocycles. The number of benzene rings is 2. The number of imidazole rings is 1. The van der Waals surface area contributed by atoms with Gasteiger partial charge in [0, 0.05) is 0 Å². The fourth-order valence-electron chi connectivity index (χ4n) is 2.12. The minimum atomic E-state index is -0.313. The highest BCUT2D eigenvalue weighted by atomic mass is 35.5. The quantitative estimate of drug-likeness (QED) is 0.634. The molecule has 1 aromatic heterocycles. The molecule has 5 heteroatoms. The predicted octanol–water partition coefficient (Wildman–Crippen LogP) is 4.56. The maximum atomic E-state index is 13.4. The summed E-state index contributed by atoms with van der Waals surface area (Å²) in [5.41, 5.74) is 2.14. The first kappa shape index (κ1) is 12.5. The predicted molar refractivity (Wildman–Crippen MR) is 75.6 cm³/mol. The fourth-order valence-corrected chi connectivity index (χ4v) is 2.55. The summed E-state index contributed by atoms with van der Waals surface area (Å²) >= 11 is 12.1. The number of alkyl halides is 1. The van der Waals surface area contributed by atoms with Crippen LogP contribution < -0.4 is 0 Å². The van der Waals surface area contributed by atoms with E-state index >= 15 is 0 Å². The first-order chi connectivity index (χ1) is 9.20. The van der Waals surface area contributed by atoms with Crippen LogP contribution in [0.2, 0.25) is 5.02 Å². The Labute approximate surface area is 119 Å². The zero-order chi connectivity index (χ0) is 13.4. The molecule has 0 N–H and O–H groups in total. The van der Waals surface area contributed by atoms with Gasteiger partial charge in [0.1, 0.15) is 11.6 Å². The largest absolute Gasteiger partial charge is 0.294 e. The summed E-state index contributed by atoms with van der Waals surface area (Å²) in [6.45, 7) is 0. The van der Waals surface area contributed by atoms with Gasteiger partial charge >= 0.3 is 0 Å². The van der Waals surface area contributed by atoms with Crippen molar-refractivity contribution < 1.29 is 4.39 Å². The van der Waals surface area contributed by atoms with E-state index in [1.807, 2.05) is 12.1 Å². The zero-order valence-electron chi connectivity index (χ0n) is 9.78. The van der Waals surface area contributed by atoms with Crippen LogP contribution in [-0.4, -0.2) is 9.55 Å². The van der Waals surface area contributed by atoms with Crippen molar-refractivity contribution in [3.05, 3.63) is 59.1 Å². The summed E-state index contributed by atoms with van der Waals surface area (Å²) in [4.78, 5) is 4.42. The molecular formula is C14H9Cl2FN2. The Morgan fingerprint density at radius 2 is 1.95 bits per heavy atom. The standard InChI is InChI=1S/C14H9Cl2FN2/c15-8-13-18-12-6-2-5-11(16)14(12)19(13)10-4-1-3-9(17)7-10/h1-7H,8H2. The average Bonchev–Trinajstić information content (AvgIpc) is 2.78. The Kier molecular flexibility index (Phi) is 3.17. The van der Waals surface area contributed by atoms with Crippen molar-refractivity contribution in [3.63, 3.8) is 0 Å². The van der Waals surface area contributed by atoms with Gasteiger partial charge in [0.15, 0.2) is 0 Å². The molecule has 0 amide bonds. The summed E-state index contributed by atoms with van der Waals surface area (Å²) < 4.78 is 15.2. The molecule has 0 spiro atoms. The van der Waals surface area contributed by atoms with Crippen LogP contribution in [-0.2, 0) is 5.88 Å². The molecule has 0 saturated heterocycles. The molecule has 1 heterocycles. The monoisotopic (exact) mass is 294 g/mol. The van der Waals surface area contributed by atoms with Crippen molar-refractivity contribution in [1.82, 2.24) is 9.55 Å². The number of rotatable bonds is 2. The van der Waals surface area contributed by atoms with Crippen molar-refractivity contribution in [3.8, 4) is 5.69 Å². The summed E-state index contributed by atoms with van der Waals surface area (Å²) in [6, 6.07) is 11.7. The molecule has 0 atom stereocenters. The first-order valence-electron chi connectivity index (χ1n) is 5.68. The SMILES string of the molecule is Fc1cccc(-n2c(CCl)nc3cccc(Cl)c32)c1. The number of halogens is 3. The number of aromatic nitrogens is 2. The van der Waals surface area contributed by atoms with Crippen LogP contribution in [0.25, 0.3) is 16.7 Å². The third kappa shape index (κ3) is 2.09. The van der Waals surface area contributed by atoms with Crippen molar-refractivity contribution in [2.24, 2.45) is 0 Å². The molecule has 3 aromatic rings. The lowest BCUT2D eigenvalue weighted by molar-refractivity contribution is 0.626. The van der Waals surface area contributed by atoms with E-state index in [0.717, 1.165) is 11.0 Å². The lowest BCUT2D eigenvalue weighted by Crippen LogP contribution is -2.00. The van der Waals surface area contributed by atoms with E-state index in [1.165, 1.54) is 12.1 Å². The van der Waals surface area contributed by atoms with Crippen LogP contribution in [0.3, 0.4) is 0 Å². The molecule has 3 rings (SSSR count). The molecule has 2 aromatic carbocycles. The van der Waals surface area contributed by atoms with E-state index in [4.69, 9.17) is 23.2 Å². The highest BCUT2D eigenvalue weighted by Gasteiger charge is 2.14. The van der Waals surface area contributed by atoms with E-state index in [2.05, 4.69) is 4.98 Å². The maximum Gasteiger partial charge on any atom is 0.129 e. The van der Waals surface area contributed by atoms with Crippen LogP contribution >= 0.6 is 23.2 Å². The lowest BCUT2D eigenvalue weighted by atomic mass is 10.2. The second kappa shape index (κ2) is 4.83. The molecule has 0 radical (unpaired) electrons. The highest BCUT2D eigenvalue weighted by Crippen LogP contribution is 2.28. The summed E-state index contributed by atoms with van der Waals surface area (Å²) in [6.07, 6.45) is 0. The van der Waals surface area contributed by atoms with Crippen LogP contribution in [0.4, 0.5) is 4.39 Å². The third-order valence-corrected chi connectivity index (χ3v) is 3.43. The lowest BCUT2D eigenvalue weighted by Gasteiger charge is -2.08. The minimum absolute atomic E-state index is 0.224. The van der Waals surface area contributed by atoms with Gasteiger partial charge in [-0.3, -0.25) is 4.57 Å². The van der Waals surface area contributed by atoms with Crippen LogP contribution in [0.1, 0.15) is 5.82 Å². The Balaban J connectivity index is 2.38. The number of hydrogen-bond acceptors (Lipinski definition) is 1. The fraction of sp³-hybridized carbons (Fsp3) is 0.0714. The molecule has 0 aliphatic rings. The van der Waals surface area contributed by atoms with Gasteiger partial charge in [-0.1, -0.05) is 23.7 Å². The molecular weight excluding hydrogens is 286 g/mol. The summed E-state index contributed by atoms with van der Waals surface area (Å²) in [5, 5.41) is 0.561. The Morgan fingerprint density at radius 3 is 2.68 bits per heavy atom. The second-order valence-electron chi connectivity index (χ2n) is 4.08. The molecule has 0 bridgehead atoms. The van der Waals surface area contributed by atoms with Gasteiger partial charge in [0.05, 0.1) is 27.6 Å². The van der Waals surface area contributed by atoms with Crippen molar-refractivity contribution in [2.75, 3.05) is 0 Å². The zero-order valence-corrected chi connectivity index (χ0v) is 11.3. The van der Waals surface area contributed by atoms with Gasteiger partial charge in [0.25, 0.3) is 0 Å². The van der Waals surface area contributed by atoms with Crippen LogP contribution in [0.5, 0.6) is 0 Å². The van der Waals surface area contributed by atoms with Gasteiger partial charge < -0.3 is 0 Å². The molecule has 0 fully saturated rings. The molecule has 2 nitrogen and oxygen atoms in total. The van der Waals surface area contributed by atoms with E-state index in [-0.39, 0.29) is 11.7 Å². The number of hydrogen-bond donors (Lipinski definition) is 0. The van der Waals surface area contributed by atoms with Crippen molar-refractivity contribution >= 4 is 34.2 Å². The number of para-hydroxylation sites is 1. The minimum Gasteiger partial charge on any atom is -0.294 e. The Hall–Kier alpha value is -1.58. The van der Waals surface area contributed by atoms with E-state index in [1.54, 1.807) is 22.8 Å². The number of fused-ring (bicyclic) bond motifs is 1. The third-order valence-electron chi connectivity index (χ3n) is 2.88.